The van der Waals surface area contributed by atoms with E-state index in [0.29, 0.717) is 13.2 Å². The molecule has 0 atom stereocenters. The molecule has 2 aromatic carbocycles. The van der Waals surface area contributed by atoms with Crippen molar-refractivity contribution in [3.8, 4) is 5.75 Å². The zero-order chi connectivity index (χ0) is 17.6. The lowest BCUT2D eigenvalue weighted by Gasteiger charge is -2.19. The van der Waals surface area contributed by atoms with Crippen molar-refractivity contribution in [3.63, 3.8) is 0 Å². The van der Waals surface area contributed by atoms with Gasteiger partial charge in [0.05, 0.1) is 6.54 Å². The first-order valence-corrected chi connectivity index (χ1v) is 8.20. The number of hydrogen-bond donors (Lipinski definition) is 2. The van der Waals surface area contributed by atoms with Crippen LogP contribution in [-0.2, 0) is 5.41 Å². The van der Waals surface area contributed by atoms with Crippen molar-refractivity contribution >= 4 is 11.7 Å². The molecule has 0 unspecified atom stereocenters. The van der Waals surface area contributed by atoms with Gasteiger partial charge in [0.15, 0.2) is 0 Å². The minimum atomic E-state index is -0.226. The largest absolute Gasteiger partial charge is 0.492 e. The van der Waals surface area contributed by atoms with Crippen LogP contribution in [0.15, 0.2) is 48.5 Å². The highest BCUT2D eigenvalue weighted by Crippen LogP contribution is 2.25. The number of benzene rings is 2. The van der Waals surface area contributed by atoms with E-state index in [1.54, 1.807) is 0 Å². The molecule has 0 aromatic heterocycles. The second-order valence-corrected chi connectivity index (χ2v) is 6.82. The molecule has 0 radical (unpaired) electrons. The number of anilines is 1. The molecule has 24 heavy (non-hydrogen) atoms. The normalized spacial score (nSPS) is 11.0. The summed E-state index contributed by atoms with van der Waals surface area (Å²) in [5, 5.41) is 5.63. The molecule has 0 fully saturated rings. The summed E-state index contributed by atoms with van der Waals surface area (Å²) in [7, 11) is 0. The van der Waals surface area contributed by atoms with Crippen LogP contribution in [0.25, 0.3) is 0 Å². The number of rotatable bonds is 5. The monoisotopic (exact) mass is 326 g/mol. The number of carbonyl (C=O) groups excluding carboxylic acids is 1. The van der Waals surface area contributed by atoms with Crippen LogP contribution in [0, 0.1) is 6.92 Å². The number of para-hydroxylation sites is 1. The van der Waals surface area contributed by atoms with E-state index in [2.05, 4.69) is 37.5 Å². The number of carbonyl (C=O) groups is 1. The summed E-state index contributed by atoms with van der Waals surface area (Å²) in [6.07, 6.45) is 0. The number of hydrogen-bond acceptors (Lipinski definition) is 2. The van der Waals surface area contributed by atoms with Gasteiger partial charge in [-0.05, 0) is 41.7 Å². The van der Waals surface area contributed by atoms with Crippen LogP contribution in [0.5, 0.6) is 5.75 Å². The molecule has 0 bridgehead atoms. The van der Waals surface area contributed by atoms with Gasteiger partial charge in [0, 0.05) is 5.69 Å². The van der Waals surface area contributed by atoms with Gasteiger partial charge in [-0.3, -0.25) is 0 Å². The van der Waals surface area contributed by atoms with Gasteiger partial charge in [-0.1, -0.05) is 51.1 Å². The Bertz CT molecular complexity index is 690. The van der Waals surface area contributed by atoms with Gasteiger partial charge in [-0.2, -0.15) is 0 Å². The van der Waals surface area contributed by atoms with Crippen LogP contribution < -0.4 is 15.4 Å². The number of amides is 2. The second kappa shape index (κ2) is 7.86. The molecule has 2 amide bonds. The molecule has 2 aromatic rings. The zero-order valence-electron chi connectivity index (χ0n) is 14.8. The second-order valence-electron chi connectivity index (χ2n) is 6.82. The average molecular weight is 326 g/mol. The van der Waals surface area contributed by atoms with E-state index in [1.807, 2.05) is 49.4 Å². The lowest BCUT2D eigenvalue weighted by atomic mass is 9.87. The van der Waals surface area contributed by atoms with E-state index < -0.39 is 0 Å². The van der Waals surface area contributed by atoms with Crippen molar-refractivity contribution in [2.75, 3.05) is 18.5 Å². The van der Waals surface area contributed by atoms with Crippen LogP contribution in [0.2, 0.25) is 0 Å². The number of nitrogens with one attached hydrogen (secondary N) is 2. The first-order chi connectivity index (χ1) is 11.4. The fourth-order valence-corrected chi connectivity index (χ4v) is 2.27. The van der Waals surface area contributed by atoms with Crippen LogP contribution in [0.3, 0.4) is 0 Å². The molecule has 0 spiro atoms. The quantitative estimate of drug-likeness (QED) is 0.795. The van der Waals surface area contributed by atoms with Crippen molar-refractivity contribution in [3.05, 3.63) is 59.7 Å². The van der Waals surface area contributed by atoms with Crippen molar-refractivity contribution in [2.45, 2.75) is 33.1 Å². The Morgan fingerprint density at radius 3 is 2.54 bits per heavy atom. The standard InChI is InChI=1S/C20H26N2O2/c1-15-8-5-6-11-18(15)22-19(23)21-12-13-24-17-10-7-9-16(14-17)20(2,3)4/h5-11,14H,12-13H2,1-4H3,(H2,21,22,23). The molecule has 0 heterocycles. The van der Waals surface area contributed by atoms with Gasteiger partial charge < -0.3 is 15.4 Å². The third-order valence-electron chi connectivity index (χ3n) is 3.75. The Kier molecular flexibility index (Phi) is 5.85. The highest BCUT2D eigenvalue weighted by molar-refractivity contribution is 5.89. The van der Waals surface area contributed by atoms with Crippen molar-refractivity contribution in [1.29, 1.82) is 0 Å². The lowest BCUT2D eigenvalue weighted by Crippen LogP contribution is -2.32. The van der Waals surface area contributed by atoms with E-state index in [-0.39, 0.29) is 11.4 Å². The maximum atomic E-state index is 11.9. The van der Waals surface area contributed by atoms with Gasteiger partial charge in [0.1, 0.15) is 12.4 Å². The molecule has 0 saturated carbocycles. The van der Waals surface area contributed by atoms with Gasteiger partial charge in [0.2, 0.25) is 0 Å². The third kappa shape index (κ3) is 5.30. The van der Waals surface area contributed by atoms with Crippen LogP contribution in [0.4, 0.5) is 10.5 Å². The molecule has 128 valence electrons. The molecule has 0 saturated heterocycles. The lowest BCUT2D eigenvalue weighted by molar-refractivity contribution is 0.247. The SMILES string of the molecule is Cc1ccccc1NC(=O)NCCOc1cccc(C(C)(C)C)c1. The Morgan fingerprint density at radius 1 is 1.08 bits per heavy atom. The summed E-state index contributed by atoms with van der Waals surface area (Å²) in [4.78, 5) is 11.9. The van der Waals surface area contributed by atoms with Crippen LogP contribution in [0.1, 0.15) is 31.9 Å². The third-order valence-corrected chi connectivity index (χ3v) is 3.75. The first kappa shape index (κ1) is 17.9. The van der Waals surface area contributed by atoms with Crippen LogP contribution >= 0.6 is 0 Å². The van der Waals surface area contributed by atoms with Gasteiger partial charge in [-0.15, -0.1) is 0 Å². The Morgan fingerprint density at radius 2 is 1.83 bits per heavy atom. The van der Waals surface area contributed by atoms with Crippen molar-refractivity contribution in [1.82, 2.24) is 5.32 Å². The smallest absolute Gasteiger partial charge is 0.319 e. The molecular formula is C20H26N2O2. The predicted molar refractivity (Wildman–Crippen MR) is 98.8 cm³/mol. The van der Waals surface area contributed by atoms with Gasteiger partial charge >= 0.3 is 6.03 Å². The number of urea groups is 1. The van der Waals surface area contributed by atoms with Crippen molar-refractivity contribution < 1.29 is 9.53 Å². The molecule has 0 aliphatic carbocycles. The predicted octanol–water partition coefficient (Wildman–Crippen LogP) is 4.49. The molecule has 2 N–H and O–H groups in total. The van der Waals surface area contributed by atoms with Crippen LogP contribution in [-0.4, -0.2) is 19.2 Å². The molecule has 4 heteroatoms. The first-order valence-electron chi connectivity index (χ1n) is 8.20. The minimum absolute atomic E-state index is 0.0883. The summed E-state index contributed by atoms with van der Waals surface area (Å²) < 4.78 is 5.72. The molecule has 0 aliphatic rings. The van der Waals surface area contributed by atoms with E-state index in [0.717, 1.165) is 17.0 Å². The molecule has 4 nitrogen and oxygen atoms in total. The number of ether oxygens (including phenoxy) is 1. The summed E-state index contributed by atoms with van der Waals surface area (Å²) in [5.74, 6) is 0.823. The van der Waals surface area contributed by atoms with Crippen molar-refractivity contribution in [2.24, 2.45) is 0 Å². The Balaban J connectivity index is 1.77. The van der Waals surface area contributed by atoms with Gasteiger partial charge in [0.25, 0.3) is 0 Å². The highest BCUT2D eigenvalue weighted by Gasteiger charge is 2.13. The summed E-state index contributed by atoms with van der Waals surface area (Å²) in [6.45, 7) is 9.34. The summed E-state index contributed by atoms with van der Waals surface area (Å²) >= 11 is 0. The summed E-state index contributed by atoms with van der Waals surface area (Å²) in [5.41, 5.74) is 3.16. The highest BCUT2D eigenvalue weighted by atomic mass is 16.5. The average Bonchev–Trinajstić information content (AvgIpc) is 2.53. The fourth-order valence-electron chi connectivity index (χ4n) is 2.27. The van der Waals surface area contributed by atoms with E-state index in [4.69, 9.17) is 4.74 Å². The Hall–Kier alpha value is -2.49. The topological polar surface area (TPSA) is 50.4 Å². The molecular weight excluding hydrogens is 300 g/mol. The maximum absolute atomic E-state index is 11.9. The minimum Gasteiger partial charge on any atom is -0.492 e. The maximum Gasteiger partial charge on any atom is 0.319 e. The number of aryl methyl sites for hydroxylation is 1. The fraction of sp³-hybridized carbons (Fsp3) is 0.350. The molecule has 2 rings (SSSR count). The van der Waals surface area contributed by atoms with E-state index >= 15 is 0 Å². The van der Waals surface area contributed by atoms with Gasteiger partial charge in [-0.25, -0.2) is 4.79 Å². The molecule has 0 aliphatic heterocycles. The Labute approximate surface area is 144 Å². The van der Waals surface area contributed by atoms with E-state index in [9.17, 15) is 4.79 Å². The van der Waals surface area contributed by atoms with E-state index in [1.165, 1.54) is 5.56 Å². The zero-order valence-corrected chi connectivity index (χ0v) is 14.8. The summed E-state index contributed by atoms with van der Waals surface area (Å²) in [6, 6.07) is 15.5.